The van der Waals surface area contributed by atoms with E-state index in [0.29, 0.717) is 0 Å². The second-order valence-electron chi connectivity index (χ2n) is 3.19. The number of nitro groups is 2. The lowest BCUT2D eigenvalue weighted by Gasteiger charge is -1.95. The van der Waals surface area contributed by atoms with Gasteiger partial charge in [-0.25, -0.2) is 0 Å². The highest BCUT2D eigenvalue weighted by Crippen LogP contribution is 2.26. The van der Waals surface area contributed by atoms with Gasteiger partial charge in [0.15, 0.2) is 17.1 Å². The molecule has 1 N–H and O–H groups in total. The fourth-order valence-corrected chi connectivity index (χ4v) is 1.28. The highest BCUT2D eigenvalue weighted by Gasteiger charge is 2.22. The van der Waals surface area contributed by atoms with E-state index in [1.54, 1.807) is 5.53 Å². The molecule has 2 aromatic rings. The van der Waals surface area contributed by atoms with Crippen molar-refractivity contribution in [2.75, 3.05) is 5.53 Å². The topological polar surface area (TPSA) is 142 Å². The summed E-state index contributed by atoms with van der Waals surface area (Å²) in [6, 6.07) is 2.50. The van der Waals surface area contributed by atoms with Crippen molar-refractivity contribution in [2.45, 2.75) is 6.92 Å². The van der Waals surface area contributed by atoms with Crippen LogP contribution in [-0.2, 0) is 0 Å². The second kappa shape index (κ2) is 4.12. The quantitative estimate of drug-likeness (QED) is 0.613. The fraction of sp³-hybridized carbons (Fsp3) is 0.143. The average molecular weight is 254 g/mol. The highest BCUT2D eigenvalue weighted by molar-refractivity contribution is 5.55. The summed E-state index contributed by atoms with van der Waals surface area (Å²) in [5, 5.41) is 27.0. The van der Waals surface area contributed by atoms with E-state index < -0.39 is 15.8 Å². The van der Waals surface area contributed by atoms with Crippen molar-refractivity contribution in [2.24, 2.45) is 0 Å². The monoisotopic (exact) mass is 254 g/mol. The van der Waals surface area contributed by atoms with Gasteiger partial charge in [-0.3, -0.25) is 10.1 Å². The largest absolute Gasteiger partial charge is 0.433 e. The Morgan fingerprint density at radius 1 is 1.39 bits per heavy atom. The maximum Gasteiger partial charge on any atom is 0.433 e. The summed E-state index contributed by atoms with van der Waals surface area (Å²) in [5.74, 6) is -0.336. The standard InChI is InChI=1S/C7H6N6O5/c1-4-7(8-9-11(4)10-13(16)17)5-2-3-6(18-5)12(14)15/h2-3,10H,1H3. The zero-order chi connectivity index (χ0) is 13.3. The van der Waals surface area contributed by atoms with Gasteiger partial charge in [0.25, 0.3) is 0 Å². The Balaban J connectivity index is 2.36. The van der Waals surface area contributed by atoms with E-state index in [0.717, 1.165) is 10.9 Å². The molecule has 0 saturated carbocycles. The first kappa shape index (κ1) is 11.5. The minimum atomic E-state index is -0.809. The van der Waals surface area contributed by atoms with Crippen molar-refractivity contribution in [3.63, 3.8) is 0 Å². The summed E-state index contributed by atoms with van der Waals surface area (Å²) < 4.78 is 4.92. The summed E-state index contributed by atoms with van der Waals surface area (Å²) in [6.45, 7) is 1.50. The van der Waals surface area contributed by atoms with Crippen LogP contribution in [0.4, 0.5) is 5.88 Å². The predicted octanol–water partition coefficient (Wildman–Crippen LogP) is 0.490. The van der Waals surface area contributed by atoms with Gasteiger partial charge in [-0.1, -0.05) is 0 Å². The van der Waals surface area contributed by atoms with Crippen LogP contribution in [0, 0.1) is 27.2 Å². The lowest BCUT2D eigenvalue weighted by molar-refractivity contribution is -0.463. The maximum atomic E-state index is 10.5. The van der Waals surface area contributed by atoms with E-state index in [1.807, 2.05) is 0 Å². The smallest absolute Gasteiger partial charge is 0.399 e. The van der Waals surface area contributed by atoms with Gasteiger partial charge in [-0.15, -0.1) is 5.10 Å². The molecule has 11 nitrogen and oxygen atoms in total. The van der Waals surface area contributed by atoms with E-state index in [1.165, 1.54) is 13.0 Å². The first-order valence-corrected chi connectivity index (χ1v) is 4.57. The molecule has 0 aliphatic heterocycles. The number of hydrogen-bond donors (Lipinski definition) is 1. The van der Waals surface area contributed by atoms with Crippen molar-refractivity contribution in [3.8, 4) is 11.5 Å². The Morgan fingerprint density at radius 3 is 2.67 bits per heavy atom. The Labute approximate surface area is 98.2 Å². The third kappa shape index (κ3) is 1.95. The lowest BCUT2D eigenvalue weighted by Crippen LogP contribution is -2.23. The molecule has 11 heteroatoms. The van der Waals surface area contributed by atoms with Gasteiger partial charge >= 0.3 is 5.88 Å². The summed E-state index contributed by atoms with van der Waals surface area (Å²) >= 11 is 0. The molecule has 18 heavy (non-hydrogen) atoms. The van der Waals surface area contributed by atoms with Crippen LogP contribution in [0.1, 0.15) is 5.69 Å². The van der Waals surface area contributed by atoms with Crippen molar-refractivity contribution < 1.29 is 14.4 Å². The van der Waals surface area contributed by atoms with Gasteiger partial charge in [0.1, 0.15) is 4.92 Å². The van der Waals surface area contributed by atoms with Crippen LogP contribution >= 0.6 is 0 Å². The normalized spacial score (nSPS) is 10.3. The van der Waals surface area contributed by atoms with Crippen molar-refractivity contribution in [1.82, 2.24) is 15.1 Å². The zero-order valence-electron chi connectivity index (χ0n) is 8.93. The molecule has 0 unspecified atom stereocenters. The zero-order valence-corrected chi connectivity index (χ0v) is 8.93. The van der Waals surface area contributed by atoms with Crippen LogP contribution in [-0.4, -0.2) is 25.1 Å². The Hall–Kier alpha value is -2.98. The van der Waals surface area contributed by atoms with Gasteiger partial charge < -0.3 is 14.5 Å². The average Bonchev–Trinajstić information content (AvgIpc) is 2.86. The molecule has 0 spiro atoms. The highest BCUT2D eigenvalue weighted by atomic mass is 16.7. The molecule has 0 aliphatic carbocycles. The Morgan fingerprint density at radius 2 is 2.11 bits per heavy atom. The van der Waals surface area contributed by atoms with Gasteiger partial charge in [-0.2, -0.15) is 0 Å². The molecule has 2 heterocycles. The summed E-state index contributed by atoms with van der Waals surface area (Å²) in [4.78, 5) is 20.8. The first-order valence-electron chi connectivity index (χ1n) is 4.57. The van der Waals surface area contributed by atoms with Crippen molar-refractivity contribution in [3.05, 3.63) is 38.1 Å². The minimum Gasteiger partial charge on any atom is -0.399 e. The van der Waals surface area contributed by atoms with Crippen LogP contribution in [0.3, 0.4) is 0 Å². The van der Waals surface area contributed by atoms with Crippen molar-refractivity contribution >= 4 is 5.88 Å². The molecular formula is C7H6N6O5. The van der Waals surface area contributed by atoms with Crippen LogP contribution in [0.2, 0.25) is 0 Å². The maximum absolute atomic E-state index is 10.5. The van der Waals surface area contributed by atoms with Gasteiger partial charge in [-0.05, 0) is 16.4 Å². The number of aromatic nitrogens is 3. The molecule has 0 amide bonds. The predicted molar refractivity (Wildman–Crippen MR) is 55.5 cm³/mol. The Bertz CT molecular complexity index is 616. The van der Waals surface area contributed by atoms with Crippen molar-refractivity contribution in [1.29, 1.82) is 0 Å². The SMILES string of the molecule is Cc1c(-c2ccc([N+](=O)[O-])o2)nnn1N[N+](=O)[O-]. The van der Waals surface area contributed by atoms with Crippen LogP contribution in [0.25, 0.3) is 11.5 Å². The molecule has 0 bridgehead atoms. The fourth-order valence-electron chi connectivity index (χ4n) is 1.28. The third-order valence-electron chi connectivity index (χ3n) is 2.08. The second-order valence-corrected chi connectivity index (χ2v) is 3.19. The van der Waals surface area contributed by atoms with Gasteiger partial charge in [0, 0.05) is 6.92 Å². The van der Waals surface area contributed by atoms with Gasteiger partial charge in [0.05, 0.1) is 16.3 Å². The number of nitrogens with zero attached hydrogens (tertiary/aromatic N) is 5. The summed E-state index contributed by atoms with van der Waals surface area (Å²) in [6.07, 6.45) is 0. The molecule has 0 fully saturated rings. The molecule has 2 aromatic heterocycles. The van der Waals surface area contributed by atoms with Crippen LogP contribution in [0.5, 0.6) is 0 Å². The van der Waals surface area contributed by atoms with E-state index in [-0.39, 0.29) is 17.1 Å². The van der Waals surface area contributed by atoms with Gasteiger partial charge in [0.2, 0.25) is 0 Å². The summed E-state index contributed by atoms with van der Waals surface area (Å²) in [5.41, 5.74) is 2.25. The molecule has 0 radical (unpaired) electrons. The first-order chi connectivity index (χ1) is 8.49. The van der Waals surface area contributed by atoms with E-state index in [4.69, 9.17) is 4.42 Å². The number of hydrazine groups is 1. The lowest BCUT2D eigenvalue weighted by atomic mass is 10.3. The minimum absolute atomic E-state index is 0.107. The summed E-state index contributed by atoms with van der Waals surface area (Å²) in [7, 11) is 0. The molecule has 0 aliphatic rings. The van der Waals surface area contributed by atoms with E-state index in [2.05, 4.69) is 10.3 Å². The van der Waals surface area contributed by atoms with E-state index in [9.17, 15) is 20.2 Å². The molecule has 0 aromatic carbocycles. The molecular weight excluding hydrogens is 248 g/mol. The number of nitrogens with one attached hydrogen (secondary N) is 1. The van der Waals surface area contributed by atoms with Crippen LogP contribution < -0.4 is 5.53 Å². The van der Waals surface area contributed by atoms with E-state index >= 15 is 0 Å². The number of rotatable bonds is 4. The number of hydrogen-bond acceptors (Lipinski definition) is 7. The third-order valence-corrected chi connectivity index (χ3v) is 2.08. The number of furan rings is 1. The molecule has 2 rings (SSSR count). The Kier molecular flexibility index (Phi) is 2.63. The van der Waals surface area contributed by atoms with Crippen LogP contribution in [0.15, 0.2) is 16.5 Å². The molecule has 0 atom stereocenters. The molecule has 0 saturated heterocycles. The molecule has 94 valence electrons.